The molecule has 1 aliphatic rings. The maximum Gasteiger partial charge on any atom is 0.330 e. The second-order valence-corrected chi connectivity index (χ2v) is 7.54. The molecule has 5 atom stereocenters. The first-order valence-corrected chi connectivity index (χ1v) is 9.13. The fraction of sp³-hybridized carbons (Fsp3) is 0.692. The minimum Gasteiger partial charge on any atom is -0.490 e. The standard InChI is InChI=1S/C13H21N2O9P/c1-21-8-6-15(13(18)14-11(8)17)12-9(16)10(22-2)7(24-12)4-5-25(19,20)23-3/h6-7,9-10,12,16H,4-5H2,1-3H3,(H,19,20)(H,14,17,18)/t7-,9+,10?,12-/m1/s1. The number of hydrogen-bond acceptors (Lipinski definition) is 8. The minimum absolute atomic E-state index is 0.0585. The molecule has 25 heavy (non-hydrogen) atoms. The van der Waals surface area contributed by atoms with Crippen molar-refractivity contribution in [3.8, 4) is 5.75 Å². The number of methoxy groups -OCH3 is 2. The van der Waals surface area contributed by atoms with Crippen LogP contribution < -0.4 is 16.0 Å². The molecule has 0 bridgehead atoms. The van der Waals surface area contributed by atoms with Gasteiger partial charge in [0.1, 0.15) is 12.2 Å². The number of nitrogens with one attached hydrogen (secondary N) is 1. The Morgan fingerprint density at radius 1 is 1.36 bits per heavy atom. The molecule has 0 saturated carbocycles. The fourth-order valence-electron chi connectivity index (χ4n) is 2.66. The van der Waals surface area contributed by atoms with Crippen LogP contribution in [0.5, 0.6) is 5.75 Å². The van der Waals surface area contributed by atoms with Crippen molar-refractivity contribution in [2.24, 2.45) is 0 Å². The van der Waals surface area contributed by atoms with Crippen LogP contribution >= 0.6 is 7.60 Å². The van der Waals surface area contributed by atoms with E-state index in [9.17, 15) is 24.2 Å². The van der Waals surface area contributed by atoms with Crippen molar-refractivity contribution in [2.45, 2.75) is 31.0 Å². The van der Waals surface area contributed by atoms with Crippen LogP contribution in [0.2, 0.25) is 0 Å². The highest BCUT2D eigenvalue weighted by atomic mass is 31.2. The summed E-state index contributed by atoms with van der Waals surface area (Å²) >= 11 is 0. The van der Waals surface area contributed by atoms with Crippen LogP contribution in [-0.4, -0.2) is 65.4 Å². The number of aromatic amines is 1. The summed E-state index contributed by atoms with van der Waals surface area (Å²) in [5.74, 6) is -0.132. The molecule has 0 amide bonds. The average Bonchev–Trinajstić information content (AvgIpc) is 2.89. The van der Waals surface area contributed by atoms with Crippen LogP contribution in [0.15, 0.2) is 15.8 Å². The second-order valence-electron chi connectivity index (χ2n) is 5.45. The first-order chi connectivity index (χ1) is 11.7. The predicted molar refractivity (Wildman–Crippen MR) is 84.9 cm³/mol. The van der Waals surface area contributed by atoms with Gasteiger partial charge in [0, 0.05) is 14.2 Å². The number of H-pyrrole nitrogens is 1. The van der Waals surface area contributed by atoms with Crippen LogP contribution in [-0.2, 0) is 18.6 Å². The van der Waals surface area contributed by atoms with Gasteiger partial charge < -0.3 is 28.7 Å². The Hall–Kier alpha value is -1.49. The summed E-state index contributed by atoms with van der Waals surface area (Å²) in [6, 6.07) is 0. The van der Waals surface area contributed by atoms with Gasteiger partial charge in [0.05, 0.1) is 25.6 Å². The number of aliphatic hydroxyl groups excluding tert-OH is 1. The predicted octanol–water partition coefficient (Wildman–Crippen LogP) is -0.960. The largest absolute Gasteiger partial charge is 0.490 e. The summed E-state index contributed by atoms with van der Waals surface area (Å²) in [4.78, 5) is 35.1. The second kappa shape index (κ2) is 7.81. The zero-order valence-corrected chi connectivity index (χ0v) is 14.8. The topological polar surface area (TPSA) is 149 Å². The lowest BCUT2D eigenvalue weighted by Crippen LogP contribution is -2.38. The smallest absolute Gasteiger partial charge is 0.330 e. The zero-order chi connectivity index (χ0) is 18.8. The van der Waals surface area contributed by atoms with Gasteiger partial charge in [0.15, 0.2) is 6.23 Å². The molecule has 3 N–H and O–H groups in total. The zero-order valence-electron chi connectivity index (χ0n) is 13.9. The maximum atomic E-state index is 12.0. The summed E-state index contributed by atoms with van der Waals surface area (Å²) in [6.45, 7) is 0. The third kappa shape index (κ3) is 4.20. The number of hydrogen-bond donors (Lipinski definition) is 3. The Labute approximate surface area is 142 Å². The summed E-state index contributed by atoms with van der Waals surface area (Å²) in [6.07, 6.45) is -3.04. The van der Waals surface area contributed by atoms with Crippen LogP contribution in [0.3, 0.4) is 0 Å². The Kier molecular flexibility index (Phi) is 6.20. The number of rotatable bonds is 7. The van der Waals surface area contributed by atoms with Gasteiger partial charge in [-0.05, 0) is 6.42 Å². The van der Waals surface area contributed by atoms with Crippen LogP contribution in [0.1, 0.15) is 12.6 Å². The van der Waals surface area contributed by atoms with Crippen molar-refractivity contribution in [3.63, 3.8) is 0 Å². The molecule has 1 aliphatic heterocycles. The number of nitrogens with zero attached hydrogens (tertiary/aromatic N) is 1. The highest BCUT2D eigenvalue weighted by Crippen LogP contribution is 2.43. The molecule has 2 heterocycles. The molecule has 2 rings (SSSR count). The molecule has 0 aromatic carbocycles. The Morgan fingerprint density at radius 3 is 2.60 bits per heavy atom. The molecule has 1 aromatic rings. The summed E-state index contributed by atoms with van der Waals surface area (Å²) in [5, 5.41) is 10.4. The van der Waals surface area contributed by atoms with Gasteiger partial charge in [-0.2, -0.15) is 0 Å². The van der Waals surface area contributed by atoms with Crippen molar-refractivity contribution in [1.82, 2.24) is 9.55 Å². The van der Waals surface area contributed by atoms with Gasteiger partial charge in [-0.3, -0.25) is 18.9 Å². The Bertz CT molecular complexity index is 761. The van der Waals surface area contributed by atoms with E-state index in [1.54, 1.807) is 0 Å². The lowest BCUT2D eigenvalue weighted by atomic mass is 10.1. The molecule has 11 nitrogen and oxygen atoms in total. The molecule has 2 unspecified atom stereocenters. The van der Waals surface area contributed by atoms with Crippen molar-refractivity contribution in [3.05, 3.63) is 27.0 Å². The molecule has 1 aromatic heterocycles. The Morgan fingerprint density at radius 2 is 2.04 bits per heavy atom. The molecule has 1 fully saturated rings. The van der Waals surface area contributed by atoms with Gasteiger partial charge >= 0.3 is 13.3 Å². The highest BCUT2D eigenvalue weighted by Gasteiger charge is 2.46. The summed E-state index contributed by atoms with van der Waals surface area (Å²) in [5.41, 5.74) is -1.51. The van der Waals surface area contributed by atoms with Gasteiger partial charge in [0.2, 0.25) is 5.75 Å². The van der Waals surface area contributed by atoms with E-state index in [2.05, 4.69) is 9.51 Å². The van der Waals surface area contributed by atoms with Crippen LogP contribution in [0.4, 0.5) is 0 Å². The molecule has 0 aliphatic carbocycles. The first kappa shape index (κ1) is 19.8. The van der Waals surface area contributed by atoms with Crippen molar-refractivity contribution in [1.29, 1.82) is 0 Å². The molecule has 0 radical (unpaired) electrons. The summed E-state index contributed by atoms with van der Waals surface area (Å²) in [7, 11) is -0.0329. The number of aromatic nitrogens is 2. The monoisotopic (exact) mass is 380 g/mol. The highest BCUT2D eigenvalue weighted by molar-refractivity contribution is 7.52. The minimum atomic E-state index is -3.76. The van der Waals surface area contributed by atoms with E-state index in [0.717, 1.165) is 17.9 Å². The van der Waals surface area contributed by atoms with Crippen molar-refractivity contribution >= 4 is 7.60 Å². The van der Waals surface area contributed by atoms with E-state index in [4.69, 9.17) is 14.2 Å². The van der Waals surface area contributed by atoms with Crippen LogP contribution in [0.25, 0.3) is 0 Å². The fourth-order valence-corrected chi connectivity index (χ4v) is 3.42. The molecule has 12 heteroatoms. The van der Waals surface area contributed by atoms with Crippen LogP contribution in [0, 0.1) is 0 Å². The van der Waals surface area contributed by atoms with Gasteiger partial charge in [-0.25, -0.2) is 4.79 Å². The third-order valence-corrected chi connectivity index (χ3v) is 5.39. The lowest BCUT2D eigenvalue weighted by Gasteiger charge is -2.19. The molecular formula is C13H21N2O9P. The van der Waals surface area contributed by atoms with Crippen molar-refractivity contribution in [2.75, 3.05) is 27.5 Å². The van der Waals surface area contributed by atoms with Gasteiger partial charge in [-0.1, -0.05) is 0 Å². The van der Waals surface area contributed by atoms with E-state index in [-0.39, 0.29) is 18.3 Å². The molecular weight excluding hydrogens is 359 g/mol. The van der Waals surface area contributed by atoms with Crippen molar-refractivity contribution < 1.29 is 33.3 Å². The lowest BCUT2D eigenvalue weighted by molar-refractivity contribution is -0.0408. The van der Waals surface area contributed by atoms with Gasteiger partial charge in [0.25, 0.3) is 5.56 Å². The normalized spacial score (nSPS) is 28.7. The first-order valence-electron chi connectivity index (χ1n) is 7.37. The van der Waals surface area contributed by atoms with Gasteiger partial charge in [-0.15, -0.1) is 0 Å². The third-order valence-electron chi connectivity index (χ3n) is 3.99. The molecule has 0 spiro atoms. The van der Waals surface area contributed by atoms with E-state index in [1.807, 2.05) is 0 Å². The quantitative estimate of drug-likeness (QED) is 0.508. The number of aliphatic hydroxyl groups is 1. The molecule has 1 saturated heterocycles. The SMILES string of the molecule is COc1cn([C@@H]2O[C@H](CCP(=O)(O)OC)C(OC)[C@@H]2O)c(=O)[nH]c1=O. The van der Waals surface area contributed by atoms with E-state index in [0.29, 0.717) is 0 Å². The Balaban J connectivity index is 2.27. The molecule has 142 valence electrons. The number of ether oxygens (including phenoxy) is 3. The van der Waals surface area contributed by atoms with E-state index >= 15 is 0 Å². The summed E-state index contributed by atoms with van der Waals surface area (Å²) < 4.78 is 32.8. The average molecular weight is 380 g/mol. The van der Waals surface area contributed by atoms with E-state index < -0.39 is 43.4 Å². The maximum absolute atomic E-state index is 12.0. The van der Waals surface area contributed by atoms with E-state index in [1.165, 1.54) is 14.2 Å².